The quantitative estimate of drug-likeness (QED) is 0.565. The van der Waals surface area contributed by atoms with Crippen LogP contribution in [0.3, 0.4) is 0 Å². The number of esters is 1. The number of rotatable bonds is 5. The Bertz CT molecular complexity index is 822. The Labute approximate surface area is 153 Å². The van der Waals surface area contributed by atoms with Crippen LogP contribution in [0.4, 0.5) is 0 Å². The molecule has 0 amide bonds. The van der Waals surface area contributed by atoms with Crippen molar-refractivity contribution < 1.29 is 13.9 Å². The summed E-state index contributed by atoms with van der Waals surface area (Å²) in [6, 6.07) is 3.81. The lowest BCUT2D eigenvalue weighted by molar-refractivity contribution is -0.138. The van der Waals surface area contributed by atoms with Crippen molar-refractivity contribution in [1.29, 1.82) is 0 Å². The first-order chi connectivity index (χ1) is 12.0. The molecule has 134 valence electrons. The van der Waals surface area contributed by atoms with Crippen LogP contribution in [0.2, 0.25) is 5.02 Å². The normalized spacial score (nSPS) is 15.4. The highest BCUT2D eigenvalue weighted by Crippen LogP contribution is 2.37. The molecular weight excluding hydrogens is 338 g/mol. The van der Waals surface area contributed by atoms with Crippen molar-refractivity contribution in [2.45, 2.75) is 39.7 Å². The Morgan fingerprint density at radius 3 is 2.88 bits per heavy atom. The van der Waals surface area contributed by atoms with E-state index in [2.05, 4.69) is 11.9 Å². The van der Waals surface area contributed by atoms with E-state index in [1.807, 2.05) is 32.1 Å². The number of likely N-dealkylation sites (N-methyl/N-ethyl adjacent to an activating group) is 1. The minimum Gasteiger partial charge on any atom is -0.463 e. The number of hydrogen-bond donors (Lipinski definition) is 0. The fourth-order valence-electron chi connectivity index (χ4n) is 3.37. The average Bonchev–Trinajstić information content (AvgIpc) is 2.80. The first kappa shape index (κ1) is 18.0. The van der Waals surface area contributed by atoms with E-state index in [9.17, 15) is 4.79 Å². The van der Waals surface area contributed by atoms with Crippen LogP contribution in [-0.4, -0.2) is 31.1 Å². The van der Waals surface area contributed by atoms with E-state index in [-0.39, 0.29) is 5.97 Å². The number of ether oxygens (including phenoxy) is 1. The molecule has 1 aromatic heterocycles. The topological polar surface area (TPSA) is 42.7 Å². The lowest BCUT2D eigenvalue weighted by Gasteiger charge is -2.13. The molecule has 0 fully saturated rings. The Balaban J connectivity index is 2.15. The van der Waals surface area contributed by atoms with Crippen LogP contribution in [-0.2, 0) is 22.5 Å². The van der Waals surface area contributed by atoms with Gasteiger partial charge >= 0.3 is 5.97 Å². The predicted molar refractivity (Wildman–Crippen MR) is 101 cm³/mol. The molecule has 0 spiro atoms. The molecule has 5 heteroatoms. The average molecular weight is 362 g/mol. The van der Waals surface area contributed by atoms with Gasteiger partial charge in [-0.3, -0.25) is 0 Å². The van der Waals surface area contributed by atoms with Gasteiger partial charge in [0.1, 0.15) is 11.3 Å². The van der Waals surface area contributed by atoms with E-state index < -0.39 is 0 Å². The molecule has 1 aliphatic heterocycles. The summed E-state index contributed by atoms with van der Waals surface area (Å²) in [5.74, 6) is 0.473. The predicted octanol–water partition coefficient (Wildman–Crippen LogP) is 4.82. The fourth-order valence-corrected chi connectivity index (χ4v) is 3.63. The Kier molecular flexibility index (Phi) is 5.50. The molecule has 1 aliphatic rings. The molecule has 0 atom stereocenters. The Morgan fingerprint density at radius 1 is 1.36 bits per heavy atom. The van der Waals surface area contributed by atoms with E-state index in [0.717, 1.165) is 58.8 Å². The van der Waals surface area contributed by atoms with Gasteiger partial charge in [-0.2, -0.15) is 0 Å². The van der Waals surface area contributed by atoms with Crippen LogP contribution in [0, 0.1) is 0 Å². The highest BCUT2D eigenvalue weighted by molar-refractivity contribution is 6.32. The van der Waals surface area contributed by atoms with Gasteiger partial charge in [0.2, 0.25) is 0 Å². The summed E-state index contributed by atoms with van der Waals surface area (Å²) in [5, 5.41) is 1.88. The Morgan fingerprint density at radius 2 is 2.16 bits per heavy atom. The maximum atomic E-state index is 12.3. The highest BCUT2D eigenvalue weighted by atomic mass is 35.5. The van der Waals surface area contributed by atoms with E-state index in [1.54, 1.807) is 0 Å². The minimum atomic E-state index is -0.266. The van der Waals surface area contributed by atoms with Gasteiger partial charge in [-0.1, -0.05) is 24.9 Å². The summed E-state index contributed by atoms with van der Waals surface area (Å²) in [5.41, 5.74) is 3.72. The zero-order valence-electron chi connectivity index (χ0n) is 15.0. The molecule has 0 N–H and O–H groups in total. The number of carbonyl (C=O) groups excluding carboxylic acids is 1. The smallest absolute Gasteiger partial charge is 0.334 e. The molecule has 25 heavy (non-hydrogen) atoms. The maximum Gasteiger partial charge on any atom is 0.334 e. The standard InChI is InChI=1S/C20H24ClNO3/c1-4-6-13(20(23)24-5-2)11-18-15-12-22(3)10-9-14-16(21)7-8-17(25-18)19(14)15/h7-8,11H,4-6,9-10,12H2,1-3H3. The number of halogens is 1. The van der Waals surface area contributed by atoms with E-state index in [1.165, 1.54) is 0 Å². The number of furan rings is 1. The van der Waals surface area contributed by atoms with Gasteiger partial charge in [0.25, 0.3) is 0 Å². The summed E-state index contributed by atoms with van der Waals surface area (Å²) in [6.07, 6.45) is 4.28. The summed E-state index contributed by atoms with van der Waals surface area (Å²) in [7, 11) is 2.09. The third kappa shape index (κ3) is 3.60. The number of nitrogens with zero attached hydrogens (tertiary/aromatic N) is 1. The summed E-state index contributed by atoms with van der Waals surface area (Å²) < 4.78 is 11.3. The van der Waals surface area contributed by atoms with E-state index >= 15 is 0 Å². The van der Waals surface area contributed by atoms with Crippen molar-refractivity contribution in [3.8, 4) is 0 Å². The molecule has 4 nitrogen and oxygen atoms in total. The zero-order valence-corrected chi connectivity index (χ0v) is 15.8. The van der Waals surface area contributed by atoms with Crippen LogP contribution < -0.4 is 0 Å². The second-order valence-corrected chi connectivity index (χ2v) is 6.88. The van der Waals surface area contributed by atoms with Crippen molar-refractivity contribution in [2.24, 2.45) is 0 Å². The maximum absolute atomic E-state index is 12.3. The molecule has 0 saturated heterocycles. The van der Waals surface area contributed by atoms with E-state index in [0.29, 0.717) is 18.6 Å². The Hall–Kier alpha value is -1.78. The lowest BCUT2D eigenvalue weighted by atomic mass is 10.0. The molecule has 0 unspecified atom stereocenters. The minimum absolute atomic E-state index is 0.266. The van der Waals surface area contributed by atoms with Crippen molar-refractivity contribution in [1.82, 2.24) is 4.90 Å². The fraction of sp³-hybridized carbons (Fsp3) is 0.450. The van der Waals surface area contributed by atoms with Crippen LogP contribution in [0.5, 0.6) is 0 Å². The third-order valence-corrected chi connectivity index (χ3v) is 4.92. The second kappa shape index (κ2) is 7.63. The molecule has 0 bridgehead atoms. The van der Waals surface area contributed by atoms with Crippen LogP contribution in [0.15, 0.2) is 22.1 Å². The van der Waals surface area contributed by atoms with Crippen molar-refractivity contribution in [3.05, 3.63) is 39.6 Å². The van der Waals surface area contributed by atoms with Crippen molar-refractivity contribution >= 4 is 34.6 Å². The monoisotopic (exact) mass is 361 g/mol. The van der Waals surface area contributed by atoms with Gasteiger partial charge in [0.15, 0.2) is 0 Å². The van der Waals surface area contributed by atoms with Crippen LogP contribution >= 0.6 is 11.6 Å². The molecule has 3 rings (SSSR count). The molecule has 2 heterocycles. The molecule has 0 radical (unpaired) electrons. The van der Waals surface area contributed by atoms with Gasteiger partial charge < -0.3 is 14.1 Å². The summed E-state index contributed by atoms with van der Waals surface area (Å²) >= 11 is 6.44. The first-order valence-electron chi connectivity index (χ1n) is 8.84. The van der Waals surface area contributed by atoms with Crippen molar-refractivity contribution in [3.63, 3.8) is 0 Å². The van der Waals surface area contributed by atoms with Gasteiger partial charge in [-0.25, -0.2) is 4.79 Å². The van der Waals surface area contributed by atoms with Crippen molar-refractivity contribution in [2.75, 3.05) is 20.2 Å². The third-order valence-electron chi connectivity index (χ3n) is 4.57. The van der Waals surface area contributed by atoms with E-state index in [4.69, 9.17) is 20.8 Å². The summed E-state index contributed by atoms with van der Waals surface area (Å²) in [6.45, 7) is 5.95. The number of carbonyl (C=O) groups is 1. The highest BCUT2D eigenvalue weighted by Gasteiger charge is 2.23. The van der Waals surface area contributed by atoms with Gasteiger partial charge in [-0.05, 0) is 50.6 Å². The van der Waals surface area contributed by atoms with Gasteiger partial charge in [-0.15, -0.1) is 0 Å². The SMILES string of the molecule is CCCC(=Cc1oc2ccc(Cl)c3c2c1CN(C)CC3)C(=O)OCC. The molecule has 0 saturated carbocycles. The molecular formula is C20H24ClNO3. The number of hydrogen-bond acceptors (Lipinski definition) is 4. The summed E-state index contributed by atoms with van der Waals surface area (Å²) in [4.78, 5) is 14.5. The van der Waals surface area contributed by atoms with Crippen LogP contribution in [0.1, 0.15) is 43.6 Å². The number of benzene rings is 1. The molecule has 1 aromatic carbocycles. The lowest BCUT2D eigenvalue weighted by Crippen LogP contribution is -2.18. The molecule has 2 aromatic rings. The van der Waals surface area contributed by atoms with Crippen LogP contribution in [0.25, 0.3) is 17.0 Å². The largest absolute Gasteiger partial charge is 0.463 e. The zero-order chi connectivity index (χ0) is 18.0. The van der Waals surface area contributed by atoms with Gasteiger partial charge in [0.05, 0.1) is 6.61 Å². The second-order valence-electron chi connectivity index (χ2n) is 6.47. The first-order valence-corrected chi connectivity index (χ1v) is 9.21. The molecule has 0 aliphatic carbocycles. The van der Waals surface area contributed by atoms with Gasteiger partial charge in [0, 0.05) is 34.6 Å².